The average Bonchev–Trinajstić information content (AvgIpc) is 2.76. The lowest BCUT2D eigenvalue weighted by molar-refractivity contribution is 0.349. The Kier molecular flexibility index (Phi) is 4.14. The van der Waals surface area contributed by atoms with Crippen LogP contribution in [0.5, 0.6) is 0 Å². The van der Waals surface area contributed by atoms with Crippen LogP contribution in [-0.2, 0) is 10.0 Å². The molecule has 4 nitrogen and oxygen atoms in total. The lowest BCUT2D eigenvalue weighted by Gasteiger charge is -2.22. The molecule has 0 saturated carbocycles. The number of rotatable bonds is 3. The van der Waals surface area contributed by atoms with Crippen LogP contribution in [0.2, 0.25) is 10.0 Å². The molecule has 1 aliphatic heterocycles. The van der Waals surface area contributed by atoms with Gasteiger partial charge >= 0.3 is 0 Å². The number of hydrogen-bond donors (Lipinski definition) is 1. The van der Waals surface area contributed by atoms with E-state index < -0.39 is 10.0 Å². The van der Waals surface area contributed by atoms with Gasteiger partial charge in [0.15, 0.2) is 0 Å². The molecule has 1 aromatic rings. The van der Waals surface area contributed by atoms with Crippen LogP contribution in [0.4, 0.5) is 0 Å². The molecule has 1 fully saturated rings. The highest BCUT2D eigenvalue weighted by molar-refractivity contribution is 7.89. The predicted molar refractivity (Wildman–Crippen MR) is 77.0 cm³/mol. The molecule has 7 heteroatoms. The Balaban J connectivity index is 2.36. The summed E-state index contributed by atoms with van der Waals surface area (Å²) in [7, 11) is -3.61. The first kappa shape index (κ1) is 15.1. The van der Waals surface area contributed by atoms with Gasteiger partial charge in [0.2, 0.25) is 10.0 Å². The number of nitrogens with two attached hydrogens (primary N) is 1. The van der Waals surface area contributed by atoms with Crippen molar-refractivity contribution in [2.75, 3.05) is 19.6 Å². The Morgan fingerprint density at radius 3 is 2.68 bits per heavy atom. The standard InChI is InChI=1S/C12H16Cl2N2O2S/c1-12(7-15)4-5-16(8-12)19(17,18)11-6-9(13)2-3-10(11)14/h2-3,6H,4-5,7-8,15H2,1H3. The Bertz CT molecular complexity index is 591. The van der Waals surface area contributed by atoms with E-state index in [0.717, 1.165) is 6.42 Å². The van der Waals surface area contributed by atoms with Crippen LogP contribution in [-0.4, -0.2) is 32.4 Å². The Morgan fingerprint density at radius 1 is 1.42 bits per heavy atom. The van der Waals surface area contributed by atoms with Crippen LogP contribution in [0.3, 0.4) is 0 Å². The lowest BCUT2D eigenvalue weighted by atomic mass is 9.90. The van der Waals surface area contributed by atoms with E-state index >= 15 is 0 Å². The summed E-state index contributed by atoms with van der Waals surface area (Å²) in [5.74, 6) is 0. The summed E-state index contributed by atoms with van der Waals surface area (Å²) in [4.78, 5) is 0.0583. The maximum Gasteiger partial charge on any atom is 0.244 e. The van der Waals surface area contributed by atoms with Crippen LogP contribution < -0.4 is 5.73 Å². The van der Waals surface area contributed by atoms with E-state index in [1.54, 1.807) is 6.07 Å². The summed E-state index contributed by atoms with van der Waals surface area (Å²) in [5, 5.41) is 0.537. The molecule has 1 saturated heterocycles. The first-order chi connectivity index (χ1) is 8.78. The quantitative estimate of drug-likeness (QED) is 0.929. The van der Waals surface area contributed by atoms with E-state index in [-0.39, 0.29) is 15.3 Å². The monoisotopic (exact) mass is 322 g/mol. The van der Waals surface area contributed by atoms with E-state index in [1.807, 2.05) is 6.92 Å². The summed E-state index contributed by atoms with van der Waals surface area (Å²) in [6.45, 7) is 3.32. The van der Waals surface area contributed by atoms with Gasteiger partial charge in [-0.05, 0) is 36.6 Å². The van der Waals surface area contributed by atoms with Crippen molar-refractivity contribution in [2.24, 2.45) is 11.1 Å². The van der Waals surface area contributed by atoms with Crippen LogP contribution in [0, 0.1) is 5.41 Å². The molecule has 2 rings (SSSR count). The van der Waals surface area contributed by atoms with Gasteiger partial charge in [0.05, 0.1) is 5.02 Å². The zero-order valence-electron chi connectivity index (χ0n) is 10.6. The highest BCUT2D eigenvalue weighted by Crippen LogP contribution is 2.35. The molecule has 1 aliphatic rings. The minimum atomic E-state index is -3.61. The normalized spacial score (nSPS) is 24.8. The molecule has 1 unspecified atom stereocenters. The first-order valence-electron chi connectivity index (χ1n) is 5.94. The highest BCUT2D eigenvalue weighted by Gasteiger charge is 2.39. The Morgan fingerprint density at radius 2 is 2.11 bits per heavy atom. The van der Waals surface area contributed by atoms with E-state index in [0.29, 0.717) is 24.7 Å². The van der Waals surface area contributed by atoms with Crippen molar-refractivity contribution < 1.29 is 8.42 Å². The van der Waals surface area contributed by atoms with E-state index in [9.17, 15) is 8.42 Å². The second kappa shape index (κ2) is 5.22. The molecule has 2 N–H and O–H groups in total. The second-order valence-corrected chi connectivity index (χ2v) is 7.93. The van der Waals surface area contributed by atoms with Crippen molar-refractivity contribution in [1.29, 1.82) is 0 Å². The van der Waals surface area contributed by atoms with Crippen LogP contribution >= 0.6 is 23.2 Å². The molecule has 19 heavy (non-hydrogen) atoms. The van der Waals surface area contributed by atoms with E-state index in [2.05, 4.69) is 0 Å². The molecule has 0 radical (unpaired) electrons. The van der Waals surface area contributed by atoms with Crippen molar-refractivity contribution in [3.63, 3.8) is 0 Å². The van der Waals surface area contributed by atoms with E-state index in [4.69, 9.17) is 28.9 Å². The Hall–Kier alpha value is -0.330. The number of hydrogen-bond acceptors (Lipinski definition) is 3. The smallest absolute Gasteiger partial charge is 0.244 e. The number of sulfonamides is 1. The molecule has 1 heterocycles. The molecular formula is C12H16Cl2N2O2S. The summed E-state index contributed by atoms with van der Waals surface area (Å²) >= 11 is 11.8. The first-order valence-corrected chi connectivity index (χ1v) is 8.13. The fourth-order valence-corrected chi connectivity index (χ4v) is 4.49. The molecule has 0 bridgehead atoms. The molecule has 0 spiro atoms. The van der Waals surface area contributed by atoms with Gasteiger partial charge in [0.1, 0.15) is 4.90 Å². The van der Waals surface area contributed by atoms with Gasteiger partial charge < -0.3 is 5.73 Å². The zero-order valence-corrected chi connectivity index (χ0v) is 12.9. The van der Waals surface area contributed by atoms with Crippen molar-refractivity contribution in [2.45, 2.75) is 18.2 Å². The van der Waals surface area contributed by atoms with Crippen molar-refractivity contribution in [3.05, 3.63) is 28.2 Å². The van der Waals surface area contributed by atoms with Gasteiger partial charge in [-0.1, -0.05) is 30.1 Å². The third-order valence-electron chi connectivity index (χ3n) is 3.53. The predicted octanol–water partition coefficient (Wildman–Crippen LogP) is 2.35. The maximum absolute atomic E-state index is 12.6. The molecule has 1 atom stereocenters. The number of halogens is 2. The van der Waals surface area contributed by atoms with Gasteiger partial charge in [-0.3, -0.25) is 0 Å². The summed E-state index contributed by atoms with van der Waals surface area (Å²) in [6, 6.07) is 4.45. The summed E-state index contributed by atoms with van der Waals surface area (Å²) in [5.41, 5.74) is 5.53. The molecule has 0 amide bonds. The van der Waals surface area contributed by atoms with Gasteiger partial charge in [-0.2, -0.15) is 4.31 Å². The van der Waals surface area contributed by atoms with E-state index in [1.165, 1.54) is 16.4 Å². The van der Waals surface area contributed by atoms with Gasteiger partial charge in [0, 0.05) is 18.1 Å². The fraction of sp³-hybridized carbons (Fsp3) is 0.500. The molecule has 1 aromatic carbocycles. The van der Waals surface area contributed by atoms with Crippen molar-refractivity contribution >= 4 is 33.2 Å². The summed E-state index contributed by atoms with van der Waals surface area (Å²) < 4.78 is 26.5. The minimum absolute atomic E-state index is 0.0583. The third kappa shape index (κ3) is 2.90. The lowest BCUT2D eigenvalue weighted by Crippen LogP contribution is -2.34. The summed E-state index contributed by atoms with van der Waals surface area (Å²) in [6.07, 6.45) is 0.751. The molecule has 0 aromatic heterocycles. The van der Waals surface area contributed by atoms with Gasteiger partial charge in [-0.15, -0.1) is 0 Å². The zero-order chi connectivity index (χ0) is 14.3. The molecule has 0 aliphatic carbocycles. The molecule has 106 valence electrons. The van der Waals surface area contributed by atoms with Gasteiger partial charge in [-0.25, -0.2) is 8.42 Å². The van der Waals surface area contributed by atoms with Crippen LogP contribution in [0.25, 0.3) is 0 Å². The molecular weight excluding hydrogens is 307 g/mol. The number of benzene rings is 1. The SMILES string of the molecule is CC1(CN)CCN(S(=O)(=O)c2cc(Cl)ccc2Cl)C1. The minimum Gasteiger partial charge on any atom is -0.330 e. The topological polar surface area (TPSA) is 63.4 Å². The highest BCUT2D eigenvalue weighted by atomic mass is 35.5. The largest absolute Gasteiger partial charge is 0.330 e. The average molecular weight is 323 g/mol. The Labute approximate surface area is 123 Å². The maximum atomic E-state index is 12.6. The van der Waals surface area contributed by atoms with Gasteiger partial charge in [0.25, 0.3) is 0 Å². The van der Waals surface area contributed by atoms with Crippen molar-refractivity contribution in [3.8, 4) is 0 Å². The number of nitrogens with zero attached hydrogens (tertiary/aromatic N) is 1. The van der Waals surface area contributed by atoms with Crippen molar-refractivity contribution in [1.82, 2.24) is 4.31 Å². The van der Waals surface area contributed by atoms with Crippen LogP contribution in [0.15, 0.2) is 23.1 Å². The third-order valence-corrected chi connectivity index (χ3v) is 6.09. The second-order valence-electron chi connectivity index (χ2n) is 5.18. The van der Waals surface area contributed by atoms with Crippen LogP contribution in [0.1, 0.15) is 13.3 Å². The fourth-order valence-electron chi connectivity index (χ4n) is 2.16.